The molecule has 0 saturated carbocycles. The lowest BCUT2D eigenvalue weighted by atomic mass is 10.1. The van der Waals surface area contributed by atoms with Crippen molar-refractivity contribution in [1.29, 1.82) is 0 Å². The maximum Gasteiger partial charge on any atom is 0.238 e. The maximum absolute atomic E-state index is 12.6. The van der Waals surface area contributed by atoms with Gasteiger partial charge in [-0.25, -0.2) is 8.42 Å². The van der Waals surface area contributed by atoms with Gasteiger partial charge in [0.15, 0.2) is 9.84 Å². The first-order chi connectivity index (χ1) is 12.4. The van der Waals surface area contributed by atoms with E-state index in [1.54, 1.807) is 0 Å². The minimum absolute atomic E-state index is 0.0922. The summed E-state index contributed by atoms with van der Waals surface area (Å²) in [7, 11) is -2.99. The van der Waals surface area contributed by atoms with E-state index < -0.39 is 9.84 Å². The largest absolute Gasteiger partial charge is 0.377 e. The van der Waals surface area contributed by atoms with Gasteiger partial charge in [-0.1, -0.05) is 19.1 Å². The molecular formula is C19H28N2O4S. The molecule has 0 bridgehead atoms. The number of sulfone groups is 1. The fraction of sp³-hybridized carbons (Fsp3) is 0.632. The second kappa shape index (κ2) is 8.50. The summed E-state index contributed by atoms with van der Waals surface area (Å²) < 4.78 is 29.4. The molecule has 1 aromatic carbocycles. The summed E-state index contributed by atoms with van der Waals surface area (Å²) in [6.45, 7) is 3.63. The van der Waals surface area contributed by atoms with Gasteiger partial charge in [0.1, 0.15) is 0 Å². The molecule has 144 valence electrons. The second-order valence-electron chi connectivity index (χ2n) is 7.22. The Bertz CT molecular complexity index is 729. The third-order valence-electron chi connectivity index (χ3n) is 5.15. The number of amides is 1. The van der Waals surface area contributed by atoms with Gasteiger partial charge >= 0.3 is 0 Å². The molecule has 7 heteroatoms. The van der Waals surface area contributed by atoms with E-state index in [9.17, 15) is 13.2 Å². The maximum atomic E-state index is 12.6. The van der Waals surface area contributed by atoms with Gasteiger partial charge in [-0.15, -0.1) is 0 Å². The number of benzene rings is 1. The van der Waals surface area contributed by atoms with Gasteiger partial charge in [0.2, 0.25) is 5.91 Å². The highest BCUT2D eigenvalue weighted by atomic mass is 32.2. The van der Waals surface area contributed by atoms with E-state index in [-0.39, 0.29) is 36.1 Å². The average Bonchev–Trinajstić information content (AvgIpc) is 3.23. The Morgan fingerprint density at radius 3 is 2.85 bits per heavy atom. The molecule has 26 heavy (non-hydrogen) atoms. The van der Waals surface area contributed by atoms with Crippen LogP contribution in [0.25, 0.3) is 0 Å². The van der Waals surface area contributed by atoms with Crippen LogP contribution in [-0.4, -0.2) is 62.6 Å². The number of hydrogen-bond acceptors (Lipinski definition) is 5. The SMILES string of the molecule is CCc1cccc(NC(=O)CN(CC2CCCO2)C2CCS(=O)(=O)C2)c1. The van der Waals surface area contributed by atoms with E-state index in [0.29, 0.717) is 13.0 Å². The molecule has 2 heterocycles. The van der Waals surface area contributed by atoms with Crippen molar-refractivity contribution < 1.29 is 17.9 Å². The molecule has 6 nitrogen and oxygen atoms in total. The summed E-state index contributed by atoms with van der Waals surface area (Å²) in [6, 6.07) is 7.71. The van der Waals surface area contributed by atoms with E-state index in [4.69, 9.17) is 4.74 Å². The first kappa shape index (κ1) is 19.3. The van der Waals surface area contributed by atoms with Gasteiger partial charge in [-0.3, -0.25) is 9.69 Å². The molecule has 2 aliphatic heterocycles. The van der Waals surface area contributed by atoms with Crippen LogP contribution in [0.5, 0.6) is 0 Å². The molecule has 1 amide bonds. The molecule has 2 atom stereocenters. The molecule has 1 N–H and O–H groups in total. The van der Waals surface area contributed by atoms with Crippen molar-refractivity contribution >= 4 is 21.4 Å². The van der Waals surface area contributed by atoms with Crippen LogP contribution in [0, 0.1) is 0 Å². The normalized spacial score (nSPS) is 24.8. The van der Waals surface area contributed by atoms with Crippen molar-refractivity contribution in [2.24, 2.45) is 0 Å². The van der Waals surface area contributed by atoms with Crippen molar-refractivity contribution in [3.63, 3.8) is 0 Å². The van der Waals surface area contributed by atoms with Crippen molar-refractivity contribution in [3.8, 4) is 0 Å². The van der Waals surface area contributed by atoms with E-state index in [1.807, 2.05) is 29.2 Å². The zero-order valence-electron chi connectivity index (χ0n) is 15.3. The van der Waals surface area contributed by atoms with Crippen molar-refractivity contribution in [3.05, 3.63) is 29.8 Å². The van der Waals surface area contributed by atoms with E-state index >= 15 is 0 Å². The molecule has 1 aromatic rings. The smallest absolute Gasteiger partial charge is 0.238 e. The molecule has 3 rings (SSSR count). The molecule has 2 fully saturated rings. The molecular weight excluding hydrogens is 352 g/mol. The van der Waals surface area contributed by atoms with Crippen molar-refractivity contribution in [2.45, 2.75) is 44.8 Å². The molecule has 2 aliphatic rings. The van der Waals surface area contributed by atoms with Crippen LogP contribution in [-0.2, 0) is 25.8 Å². The van der Waals surface area contributed by atoms with E-state index in [1.165, 1.54) is 5.56 Å². The number of hydrogen-bond donors (Lipinski definition) is 1. The van der Waals surface area contributed by atoms with Crippen molar-refractivity contribution in [1.82, 2.24) is 4.90 Å². The average molecular weight is 381 g/mol. The summed E-state index contributed by atoms with van der Waals surface area (Å²) in [5, 5.41) is 2.95. The fourth-order valence-corrected chi connectivity index (χ4v) is 5.47. The number of rotatable bonds is 7. The van der Waals surface area contributed by atoms with Crippen LogP contribution in [0.1, 0.15) is 31.7 Å². The highest BCUT2D eigenvalue weighted by Crippen LogP contribution is 2.21. The molecule has 0 radical (unpaired) electrons. The molecule has 0 spiro atoms. The monoisotopic (exact) mass is 380 g/mol. The predicted octanol–water partition coefficient (Wildman–Crippen LogP) is 1.86. The number of nitrogens with one attached hydrogen (secondary N) is 1. The first-order valence-electron chi connectivity index (χ1n) is 9.40. The summed E-state index contributed by atoms with van der Waals surface area (Å²) in [4.78, 5) is 14.6. The second-order valence-corrected chi connectivity index (χ2v) is 9.45. The fourth-order valence-electron chi connectivity index (χ4n) is 3.71. The van der Waals surface area contributed by atoms with Crippen LogP contribution in [0.3, 0.4) is 0 Å². The number of ether oxygens (including phenoxy) is 1. The Hall–Kier alpha value is -1.44. The lowest BCUT2D eigenvalue weighted by molar-refractivity contribution is -0.118. The zero-order valence-corrected chi connectivity index (χ0v) is 16.1. The van der Waals surface area contributed by atoms with E-state index in [0.717, 1.165) is 31.6 Å². The standard InChI is InChI=1S/C19H28N2O4S/c1-2-15-5-3-6-16(11-15)20-19(22)13-21(12-18-7-4-9-25-18)17-8-10-26(23,24)14-17/h3,5-6,11,17-18H,2,4,7-10,12-14H2,1H3,(H,20,22). The van der Waals surface area contributed by atoms with Crippen molar-refractivity contribution in [2.75, 3.05) is 36.5 Å². The number of nitrogens with zero attached hydrogens (tertiary/aromatic N) is 1. The lowest BCUT2D eigenvalue weighted by Gasteiger charge is -2.29. The number of aryl methyl sites for hydroxylation is 1. The van der Waals surface area contributed by atoms with Gasteiger partial charge in [-0.05, 0) is 43.4 Å². The Morgan fingerprint density at radius 2 is 2.19 bits per heavy atom. The summed E-state index contributed by atoms with van der Waals surface area (Å²) in [6.07, 6.45) is 3.59. The third-order valence-corrected chi connectivity index (χ3v) is 6.90. The Labute approximate surface area is 155 Å². The van der Waals surface area contributed by atoms with Crippen LogP contribution in [0.4, 0.5) is 5.69 Å². The summed E-state index contributed by atoms with van der Waals surface area (Å²) in [5.74, 6) is 0.235. The molecule has 0 aromatic heterocycles. The van der Waals surface area contributed by atoms with Crippen LogP contribution < -0.4 is 5.32 Å². The highest BCUT2D eigenvalue weighted by Gasteiger charge is 2.34. The van der Waals surface area contributed by atoms with Crippen LogP contribution >= 0.6 is 0 Å². The summed E-state index contributed by atoms with van der Waals surface area (Å²) >= 11 is 0. The lowest BCUT2D eigenvalue weighted by Crippen LogP contribution is -2.45. The minimum Gasteiger partial charge on any atom is -0.377 e. The van der Waals surface area contributed by atoms with Gasteiger partial charge in [-0.2, -0.15) is 0 Å². The number of anilines is 1. The molecule has 2 unspecified atom stereocenters. The predicted molar refractivity (Wildman–Crippen MR) is 102 cm³/mol. The topological polar surface area (TPSA) is 75.7 Å². The summed E-state index contributed by atoms with van der Waals surface area (Å²) in [5.41, 5.74) is 1.95. The van der Waals surface area contributed by atoms with Crippen LogP contribution in [0.15, 0.2) is 24.3 Å². The molecule has 2 saturated heterocycles. The number of carbonyl (C=O) groups is 1. The Kier molecular flexibility index (Phi) is 6.32. The third kappa shape index (κ3) is 5.28. The van der Waals surface area contributed by atoms with E-state index in [2.05, 4.69) is 12.2 Å². The Morgan fingerprint density at radius 1 is 1.35 bits per heavy atom. The van der Waals surface area contributed by atoms with Crippen LogP contribution in [0.2, 0.25) is 0 Å². The highest BCUT2D eigenvalue weighted by molar-refractivity contribution is 7.91. The molecule has 0 aliphatic carbocycles. The van der Waals surface area contributed by atoms with Gasteiger partial charge in [0.05, 0.1) is 24.2 Å². The number of carbonyl (C=O) groups excluding carboxylic acids is 1. The van der Waals surface area contributed by atoms with Gasteiger partial charge in [0, 0.05) is 24.9 Å². The quantitative estimate of drug-likeness (QED) is 0.781. The first-order valence-corrected chi connectivity index (χ1v) is 11.2. The van der Waals surface area contributed by atoms with Gasteiger partial charge < -0.3 is 10.1 Å². The Balaban J connectivity index is 1.64. The zero-order chi connectivity index (χ0) is 18.6. The minimum atomic E-state index is -2.99. The van der Waals surface area contributed by atoms with Gasteiger partial charge in [0.25, 0.3) is 0 Å².